The van der Waals surface area contributed by atoms with Crippen molar-refractivity contribution < 1.29 is 19.2 Å². The van der Waals surface area contributed by atoms with Gasteiger partial charge in [0.1, 0.15) is 10.8 Å². The SMILES string of the molecule is COC(=O)Oc1cc([N+](=O)[O-])c(Cl)cc1C1CCCC1. The van der Waals surface area contributed by atoms with E-state index in [0.717, 1.165) is 31.2 Å². The molecule has 0 heterocycles. The Labute approximate surface area is 120 Å². The second-order valence-electron chi connectivity index (χ2n) is 4.64. The first-order valence-corrected chi connectivity index (χ1v) is 6.64. The van der Waals surface area contributed by atoms with Crippen molar-refractivity contribution in [2.75, 3.05) is 7.11 Å². The molecule has 20 heavy (non-hydrogen) atoms. The molecule has 108 valence electrons. The minimum absolute atomic E-state index is 0.0501. The Morgan fingerprint density at radius 2 is 2.05 bits per heavy atom. The van der Waals surface area contributed by atoms with Gasteiger partial charge in [0.2, 0.25) is 0 Å². The van der Waals surface area contributed by atoms with Crippen molar-refractivity contribution in [3.05, 3.63) is 32.8 Å². The van der Waals surface area contributed by atoms with Gasteiger partial charge in [-0.3, -0.25) is 10.1 Å². The van der Waals surface area contributed by atoms with Crippen LogP contribution in [0.15, 0.2) is 12.1 Å². The summed E-state index contributed by atoms with van der Waals surface area (Å²) in [6.07, 6.45) is 3.16. The number of rotatable bonds is 3. The van der Waals surface area contributed by atoms with Crippen molar-refractivity contribution in [2.45, 2.75) is 31.6 Å². The molecule has 0 aliphatic heterocycles. The fraction of sp³-hybridized carbons (Fsp3) is 0.462. The molecule has 0 radical (unpaired) electrons. The number of hydrogen-bond acceptors (Lipinski definition) is 5. The third-order valence-electron chi connectivity index (χ3n) is 3.43. The van der Waals surface area contributed by atoms with E-state index in [9.17, 15) is 14.9 Å². The van der Waals surface area contributed by atoms with E-state index in [1.165, 1.54) is 19.2 Å². The standard InChI is InChI=1S/C13H14ClNO5/c1-19-13(16)20-12-7-11(15(17)18)10(14)6-9(12)8-4-2-3-5-8/h6-8H,2-5H2,1H3. The van der Waals surface area contributed by atoms with Crippen LogP contribution in [-0.4, -0.2) is 18.2 Å². The number of methoxy groups -OCH3 is 1. The second kappa shape index (κ2) is 6.09. The summed E-state index contributed by atoms with van der Waals surface area (Å²) < 4.78 is 9.47. The molecule has 1 saturated carbocycles. The molecule has 7 heteroatoms. The number of ether oxygens (including phenoxy) is 2. The van der Waals surface area contributed by atoms with Gasteiger partial charge in [0.05, 0.1) is 18.1 Å². The molecule has 0 unspecified atom stereocenters. The van der Waals surface area contributed by atoms with E-state index in [0.29, 0.717) is 0 Å². The zero-order valence-corrected chi connectivity index (χ0v) is 11.7. The number of nitro benzene ring substituents is 1. The van der Waals surface area contributed by atoms with Crippen molar-refractivity contribution in [1.82, 2.24) is 0 Å². The van der Waals surface area contributed by atoms with Gasteiger partial charge in [-0.25, -0.2) is 4.79 Å². The van der Waals surface area contributed by atoms with Crippen LogP contribution >= 0.6 is 11.6 Å². The molecular formula is C13H14ClNO5. The molecule has 0 spiro atoms. The number of benzene rings is 1. The van der Waals surface area contributed by atoms with Crippen LogP contribution in [0.2, 0.25) is 5.02 Å². The third kappa shape index (κ3) is 3.01. The Bertz CT molecular complexity index is 540. The molecule has 0 N–H and O–H groups in total. The summed E-state index contributed by atoms with van der Waals surface area (Å²) in [5, 5.41) is 11.0. The third-order valence-corrected chi connectivity index (χ3v) is 3.73. The van der Waals surface area contributed by atoms with Crippen molar-refractivity contribution in [2.24, 2.45) is 0 Å². The van der Waals surface area contributed by atoms with Gasteiger partial charge in [-0.15, -0.1) is 0 Å². The Morgan fingerprint density at radius 1 is 1.40 bits per heavy atom. The zero-order valence-electron chi connectivity index (χ0n) is 10.9. The molecule has 1 aliphatic rings. The summed E-state index contributed by atoms with van der Waals surface area (Å²) in [4.78, 5) is 21.6. The maximum atomic E-state index is 11.3. The summed E-state index contributed by atoms with van der Waals surface area (Å²) in [6.45, 7) is 0. The molecule has 1 aromatic rings. The highest BCUT2D eigenvalue weighted by molar-refractivity contribution is 6.32. The molecule has 0 amide bonds. The van der Waals surface area contributed by atoms with E-state index < -0.39 is 11.1 Å². The first kappa shape index (κ1) is 14.6. The van der Waals surface area contributed by atoms with E-state index >= 15 is 0 Å². The lowest BCUT2D eigenvalue weighted by molar-refractivity contribution is -0.384. The van der Waals surface area contributed by atoms with Crippen molar-refractivity contribution in [3.63, 3.8) is 0 Å². The monoisotopic (exact) mass is 299 g/mol. The van der Waals surface area contributed by atoms with Gasteiger partial charge in [0, 0.05) is 5.56 Å². The van der Waals surface area contributed by atoms with Gasteiger partial charge < -0.3 is 9.47 Å². The van der Waals surface area contributed by atoms with Gasteiger partial charge in [-0.1, -0.05) is 24.4 Å². The van der Waals surface area contributed by atoms with Gasteiger partial charge in [-0.2, -0.15) is 0 Å². The van der Waals surface area contributed by atoms with Crippen LogP contribution in [0.5, 0.6) is 5.75 Å². The van der Waals surface area contributed by atoms with E-state index in [1.54, 1.807) is 0 Å². The van der Waals surface area contributed by atoms with Crippen molar-refractivity contribution in [3.8, 4) is 5.75 Å². The summed E-state index contributed by atoms with van der Waals surface area (Å²) in [6, 6.07) is 2.71. The number of carbonyl (C=O) groups is 1. The topological polar surface area (TPSA) is 78.7 Å². The quantitative estimate of drug-likeness (QED) is 0.364. The van der Waals surface area contributed by atoms with Gasteiger partial charge in [0.25, 0.3) is 5.69 Å². The highest BCUT2D eigenvalue weighted by Crippen LogP contribution is 2.42. The Balaban J connectivity index is 2.44. The maximum Gasteiger partial charge on any atom is 0.513 e. The second-order valence-corrected chi connectivity index (χ2v) is 5.04. The van der Waals surface area contributed by atoms with Gasteiger partial charge >= 0.3 is 6.16 Å². The number of nitrogens with zero attached hydrogens (tertiary/aromatic N) is 1. The molecule has 1 aromatic carbocycles. The van der Waals surface area contributed by atoms with Crippen LogP contribution < -0.4 is 4.74 Å². The summed E-state index contributed by atoms with van der Waals surface area (Å²) in [5.41, 5.74) is 0.441. The van der Waals surface area contributed by atoms with Crippen LogP contribution in [0.1, 0.15) is 37.2 Å². The Morgan fingerprint density at radius 3 is 2.60 bits per heavy atom. The molecule has 1 fully saturated rings. The number of carbonyl (C=O) groups excluding carboxylic acids is 1. The fourth-order valence-electron chi connectivity index (χ4n) is 2.47. The van der Waals surface area contributed by atoms with Crippen LogP contribution in [0.4, 0.5) is 10.5 Å². The largest absolute Gasteiger partial charge is 0.513 e. The van der Waals surface area contributed by atoms with E-state index in [2.05, 4.69) is 4.74 Å². The Kier molecular flexibility index (Phi) is 4.44. The van der Waals surface area contributed by atoms with Crippen molar-refractivity contribution >= 4 is 23.4 Å². The first-order valence-electron chi connectivity index (χ1n) is 6.26. The average molecular weight is 300 g/mol. The zero-order chi connectivity index (χ0) is 14.7. The normalized spacial score (nSPS) is 15.1. The smallest absolute Gasteiger partial charge is 0.437 e. The molecule has 2 rings (SSSR count). The van der Waals surface area contributed by atoms with E-state index in [4.69, 9.17) is 16.3 Å². The molecule has 0 saturated heterocycles. The van der Waals surface area contributed by atoms with E-state index in [1.807, 2.05) is 0 Å². The van der Waals surface area contributed by atoms with Gasteiger partial charge in [0.15, 0.2) is 0 Å². The number of hydrogen-bond donors (Lipinski definition) is 0. The first-order chi connectivity index (χ1) is 9.52. The molecule has 6 nitrogen and oxygen atoms in total. The lowest BCUT2D eigenvalue weighted by Gasteiger charge is -2.15. The highest BCUT2D eigenvalue weighted by Gasteiger charge is 2.26. The van der Waals surface area contributed by atoms with Crippen LogP contribution in [0, 0.1) is 10.1 Å². The van der Waals surface area contributed by atoms with Crippen LogP contribution in [0.25, 0.3) is 0 Å². The fourth-order valence-corrected chi connectivity index (χ4v) is 2.71. The Hall–Kier alpha value is -1.82. The van der Waals surface area contributed by atoms with Crippen LogP contribution in [-0.2, 0) is 4.74 Å². The summed E-state index contributed by atoms with van der Waals surface area (Å²) in [7, 11) is 1.18. The maximum absolute atomic E-state index is 11.3. The minimum Gasteiger partial charge on any atom is -0.437 e. The predicted octanol–water partition coefficient (Wildman–Crippen LogP) is 4.05. The predicted molar refractivity (Wildman–Crippen MR) is 72.3 cm³/mol. The number of halogens is 1. The summed E-state index contributed by atoms with van der Waals surface area (Å²) in [5.74, 6) is 0.354. The highest BCUT2D eigenvalue weighted by atomic mass is 35.5. The number of nitro groups is 1. The molecule has 0 atom stereocenters. The molecule has 0 bridgehead atoms. The van der Waals surface area contributed by atoms with Gasteiger partial charge in [-0.05, 0) is 24.8 Å². The van der Waals surface area contributed by atoms with Crippen LogP contribution in [0.3, 0.4) is 0 Å². The van der Waals surface area contributed by atoms with E-state index in [-0.39, 0.29) is 22.4 Å². The summed E-state index contributed by atoms with van der Waals surface area (Å²) >= 11 is 5.93. The minimum atomic E-state index is -0.902. The molecule has 0 aromatic heterocycles. The van der Waals surface area contributed by atoms with Crippen molar-refractivity contribution in [1.29, 1.82) is 0 Å². The molecule has 1 aliphatic carbocycles. The average Bonchev–Trinajstić information content (AvgIpc) is 2.93. The lowest BCUT2D eigenvalue weighted by atomic mass is 9.96. The molecular weight excluding hydrogens is 286 g/mol. The lowest BCUT2D eigenvalue weighted by Crippen LogP contribution is -2.10.